The molecule has 156 valence electrons. The fraction of sp³-hybridized carbons (Fsp3) is 0.381. The van der Waals surface area contributed by atoms with Crippen molar-refractivity contribution in [2.24, 2.45) is 0 Å². The molecule has 8 heteroatoms. The summed E-state index contributed by atoms with van der Waals surface area (Å²) in [5.41, 5.74) is -0.541. The summed E-state index contributed by atoms with van der Waals surface area (Å²) in [5, 5.41) is 2.88. The van der Waals surface area contributed by atoms with Crippen LogP contribution < -0.4 is 19.5 Å². The van der Waals surface area contributed by atoms with E-state index < -0.39 is 29.9 Å². The molecule has 3 rings (SSSR count). The quantitative estimate of drug-likeness (QED) is 0.790. The van der Waals surface area contributed by atoms with Crippen LogP contribution in [0.15, 0.2) is 42.5 Å². The molecule has 1 atom stereocenters. The van der Waals surface area contributed by atoms with Gasteiger partial charge in [0.1, 0.15) is 22.8 Å². The summed E-state index contributed by atoms with van der Waals surface area (Å²) in [6.45, 7) is 3.42. The molecular formula is C21H22F3NO4. The average Bonchev–Trinajstić information content (AvgIpc) is 2.64. The number of hydrogen-bond acceptors (Lipinski definition) is 4. The number of benzene rings is 2. The molecule has 0 bridgehead atoms. The van der Waals surface area contributed by atoms with Crippen molar-refractivity contribution in [3.63, 3.8) is 0 Å². The van der Waals surface area contributed by atoms with E-state index >= 15 is 0 Å². The van der Waals surface area contributed by atoms with E-state index in [-0.39, 0.29) is 11.8 Å². The molecule has 1 heterocycles. The van der Waals surface area contributed by atoms with Crippen LogP contribution in [0, 0.1) is 0 Å². The van der Waals surface area contributed by atoms with Crippen LogP contribution in [0.3, 0.4) is 0 Å². The van der Waals surface area contributed by atoms with Crippen molar-refractivity contribution < 1.29 is 32.2 Å². The van der Waals surface area contributed by atoms with E-state index in [1.54, 1.807) is 19.2 Å². The second-order valence-corrected chi connectivity index (χ2v) is 7.40. The Morgan fingerprint density at radius 2 is 1.97 bits per heavy atom. The van der Waals surface area contributed by atoms with E-state index in [0.717, 1.165) is 17.7 Å². The van der Waals surface area contributed by atoms with Crippen LogP contribution in [0.1, 0.15) is 37.4 Å². The highest BCUT2D eigenvalue weighted by atomic mass is 19.4. The van der Waals surface area contributed by atoms with Crippen molar-refractivity contribution in [1.29, 1.82) is 0 Å². The maximum absolute atomic E-state index is 12.8. The van der Waals surface area contributed by atoms with Gasteiger partial charge in [0, 0.05) is 18.1 Å². The number of carbonyl (C=O) groups excluding carboxylic acids is 1. The van der Waals surface area contributed by atoms with E-state index in [1.165, 1.54) is 12.1 Å². The fourth-order valence-corrected chi connectivity index (χ4v) is 3.23. The molecule has 0 spiro atoms. The van der Waals surface area contributed by atoms with Crippen molar-refractivity contribution in [3.05, 3.63) is 53.6 Å². The van der Waals surface area contributed by atoms with Gasteiger partial charge in [-0.05, 0) is 44.2 Å². The molecule has 0 radical (unpaired) electrons. The predicted molar refractivity (Wildman–Crippen MR) is 100 cm³/mol. The largest absolute Gasteiger partial charge is 0.497 e. The third-order valence-corrected chi connectivity index (χ3v) is 4.54. The number of nitrogens with one attached hydrogen (secondary N) is 1. The molecule has 1 aliphatic heterocycles. The van der Waals surface area contributed by atoms with Gasteiger partial charge in [-0.25, -0.2) is 0 Å². The molecule has 1 N–H and O–H groups in total. The summed E-state index contributed by atoms with van der Waals surface area (Å²) in [6, 6.07) is 9.46. The summed E-state index contributed by atoms with van der Waals surface area (Å²) >= 11 is 0. The highest BCUT2D eigenvalue weighted by molar-refractivity contribution is 5.78. The number of halogens is 3. The van der Waals surface area contributed by atoms with Gasteiger partial charge in [-0.3, -0.25) is 4.79 Å². The summed E-state index contributed by atoms with van der Waals surface area (Å²) in [4.78, 5) is 12.4. The molecular weight excluding hydrogens is 387 g/mol. The first-order chi connectivity index (χ1) is 13.6. The molecule has 2 aromatic carbocycles. The number of hydrogen-bond donors (Lipinski definition) is 1. The Kier molecular flexibility index (Phi) is 5.64. The first-order valence-electron chi connectivity index (χ1n) is 9.04. The van der Waals surface area contributed by atoms with E-state index in [1.807, 2.05) is 19.9 Å². The molecule has 1 aliphatic rings. The normalized spacial score (nSPS) is 17.7. The van der Waals surface area contributed by atoms with Gasteiger partial charge >= 0.3 is 6.18 Å². The molecule has 2 aromatic rings. The number of methoxy groups -OCH3 is 1. The van der Waals surface area contributed by atoms with Crippen LogP contribution >= 0.6 is 0 Å². The fourth-order valence-electron chi connectivity index (χ4n) is 3.23. The Hall–Kier alpha value is -2.90. The Morgan fingerprint density at radius 1 is 1.21 bits per heavy atom. The van der Waals surface area contributed by atoms with Crippen LogP contribution in [0.25, 0.3) is 0 Å². The SMILES string of the molecule is COc1ccc2c(c1)OC(C)(C)C[C@@H]2NC(=O)COc1cccc(C(F)(F)F)c1. The zero-order valence-electron chi connectivity index (χ0n) is 16.3. The zero-order chi connectivity index (χ0) is 21.2. The van der Waals surface area contributed by atoms with E-state index in [9.17, 15) is 18.0 Å². The van der Waals surface area contributed by atoms with Crippen LogP contribution in [0.2, 0.25) is 0 Å². The number of ether oxygens (including phenoxy) is 3. The lowest BCUT2D eigenvalue weighted by Gasteiger charge is -2.38. The maximum Gasteiger partial charge on any atom is 0.416 e. The highest BCUT2D eigenvalue weighted by Crippen LogP contribution is 2.41. The smallest absolute Gasteiger partial charge is 0.416 e. The second kappa shape index (κ2) is 7.85. The van der Waals surface area contributed by atoms with Crippen LogP contribution in [-0.4, -0.2) is 25.2 Å². The summed E-state index contributed by atoms with van der Waals surface area (Å²) in [7, 11) is 1.56. The van der Waals surface area contributed by atoms with Gasteiger partial charge in [-0.15, -0.1) is 0 Å². The van der Waals surface area contributed by atoms with Crippen LogP contribution in [0.4, 0.5) is 13.2 Å². The van der Waals surface area contributed by atoms with Crippen molar-refractivity contribution in [2.45, 2.75) is 38.1 Å². The lowest BCUT2D eigenvalue weighted by atomic mass is 9.89. The molecule has 29 heavy (non-hydrogen) atoms. The molecule has 5 nitrogen and oxygen atoms in total. The number of rotatable bonds is 5. The Labute approximate surface area is 166 Å². The van der Waals surface area contributed by atoms with Crippen molar-refractivity contribution in [3.8, 4) is 17.2 Å². The van der Waals surface area contributed by atoms with Gasteiger partial charge in [-0.2, -0.15) is 13.2 Å². The van der Waals surface area contributed by atoms with Crippen LogP contribution in [0.5, 0.6) is 17.2 Å². The van der Waals surface area contributed by atoms with E-state index in [2.05, 4.69) is 5.32 Å². The second-order valence-electron chi connectivity index (χ2n) is 7.40. The molecule has 1 amide bonds. The zero-order valence-corrected chi connectivity index (χ0v) is 16.3. The standard InChI is InChI=1S/C21H22F3NO4/c1-20(2)11-17(16-8-7-14(27-3)10-18(16)29-20)25-19(26)12-28-15-6-4-5-13(9-15)21(22,23)24/h4-10,17H,11-12H2,1-3H3,(H,25,26)/t17-/m0/s1. The predicted octanol–water partition coefficient (Wildman–Crippen LogP) is 4.51. The van der Waals surface area contributed by atoms with E-state index in [0.29, 0.717) is 17.9 Å². The van der Waals surface area contributed by atoms with Gasteiger partial charge in [0.15, 0.2) is 6.61 Å². The minimum atomic E-state index is -4.47. The molecule has 0 aliphatic carbocycles. The van der Waals surface area contributed by atoms with Crippen molar-refractivity contribution >= 4 is 5.91 Å². The number of amides is 1. The van der Waals surface area contributed by atoms with E-state index in [4.69, 9.17) is 14.2 Å². The minimum absolute atomic E-state index is 0.0209. The lowest BCUT2D eigenvalue weighted by Crippen LogP contribution is -2.42. The number of carbonyl (C=O) groups is 1. The van der Waals surface area contributed by atoms with Gasteiger partial charge < -0.3 is 19.5 Å². The number of fused-ring (bicyclic) bond motifs is 1. The third-order valence-electron chi connectivity index (χ3n) is 4.54. The molecule has 0 saturated heterocycles. The Balaban J connectivity index is 1.68. The molecule has 0 aromatic heterocycles. The van der Waals surface area contributed by atoms with Gasteiger partial charge in [0.05, 0.1) is 18.7 Å². The molecule has 0 saturated carbocycles. The lowest BCUT2D eigenvalue weighted by molar-refractivity contribution is -0.137. The summed E-state index contributed by atoms with van der Waals surface area (Å²) in [6.07, 6.45) is -3.94. The minimum Gasteiger partial charge on any atom is -0.497 e. The molecule has 0 unspecified atom stereocenters. The topological polar surface area (TPSA) is 56.8 Å². The molecule has 0 fully saturated rings. The maximum atomic E-state index is 12.8. The van der Waals surface area contributed by atoms with Gasteiger partial charge in [0.25, 0.3) is 5.91 Å². The van der Waals surface area contributed by atoms with Crippen molar-refractivity contribution in [2.75, 3.05) is 13.7 Å². The summed E-state index contributed by atoms with van der Waals surface area (Å²) in [5.74, 6) is 0.795. The Bertz CT molecular complexity index is 896. The average molecular weight is 409 g/mol. The monoisotopic (exact) mass is 409 g/mol. The van der Waals surface area contributed by atoms with Gasteiger partial charge in [0.2, 0.25) is 0 Å². The third kappa shape index (κ3) is 5.13. The number of alkyl halides is 3. The van der Waals surface area contributed by atoms with Crippen LogP contribution in [-0.2, 0) is 11.0 Å². The van der Waals surface area contributed by atoms with Crippen molar-refractivity contribution in [1.82, 2.24) is 5.32 Å². The Morgan fingerprint density at radius 3 is 2.66 bits per heavy atom. The first-order valence-corrected chi connectivity index (χ1v) is 9.04. The van der Waals surface area contributed by atoms with Gasteiger partial charge in [-0.1, -0.05) is 6.07 Å². The highest BCUT2D eigenvalue weighted by Gasteiger charge is 2.35. The summed E-state index contributed by atoms with van der Waals surface area (Å²) < 4.78 is 54.8. The first kappa shape index (κ1) is 20.8.